The third kappa shape index (κ3) is 3.19. The maximum atomic E-state index is 12.6. The van der Waals surface area contributed by atoms with E-state index in [2.05, 4.69) is 10.2 Å². The van der Waals surface area contributed by atoms with Crippen LogP contribution in [0, 0.1) is 5.92 Å². The monoisotopic (exact) mass is 362 g/mol. The number of hydrogen-bond acceptors (Lipinski definition) is 3. The molecule has 2 aromatic rings. The van der Waals surface area contributed by atoms with Crippen molar-refractivity contribution in [2.75, 3.05) is 19.6 Å². The van der Waals surface area contributed by atoms with Gasteiger partial charge in [-0.25, -0.2) is 0 Å². The van der Waals surface area contributed by atoms with Crippen LogP contribution in [0.1, 0.15) is 41.8 Å². The van der Waals surface area contributed by atoms with Gasteiger partial charge in [0.2, 0.25) is 0 Å². The van der Waals surface area contributed by atoms with Gasteiger partial charge in [0.05, 0.1) is 14.6 Å². The van der Waals surface area contributed by atoms with Gasteiger partial charge in [-0.1, -0.05) is 30.2 Å². The molecule has 0 bridgehead atoms. The molecule has 1 aromatic carbocycles. The molecule has 2 atom stereocenters. The van der Waals surface area contributed by atoms with Crippen LogP contribution in [0.2, 0.25) is 5.02 Å². The van der Waals surface area contributed by atoms with Crippen LogP contribution in [0.5, 0.6) is 0 Å². The molecule has 2 aliphatic heterocycles. The number of thiophene rings is 1. The van der Waals surface area contributed by atoms with Crippen molar-refractivity contribution >= 4 is 38.9 Å². The first-order valence-corrected chi connectivity index (χ1v) is 10.1. The first-order valence-electron chi connectivity index (χ1n) is 8.93. The molecule has 4 rings (SSSR count). The summed E-state index contributed by atoms with van der Waals surface area (Å²) in [4.78, 5) is 16.0. The second kappa shape index (κ2) is 7.03. The maximum absolute atomic E-state index is 12.6. The van der Waals surface area contributed by atoms with Crippen LogP contribution in [0.15, 0.2) is 24.3 Å². The number of carbonyl (C=O) groups excluding carboxylic acids is 1. The van der Waals surface area contributed by atoms with Crippen LogP contribution in [0.3, 0.4) is 0 Å². The number of rotatable bonds is 3. The zero-order valence-electron chi connectivity index (χ0n) is 13.8. The third-order valence-electron chi connectivity index (χ3n) is 5.47. The fourth-order valence-corrected chi connectivity index (χ4v) is 5.54. The van der Waals surface area contributed by atoms with Crippen LogP contribution < -0.4 is 5.32 Å². The van der Waals surface area contributed by atoms with Crippen LogP contribution in [-0.4, -0.2) is 36.5 Å². The minimum atomic E-state index is 0.0419. The minimum Gasteiger partial charge on any atom is -0.351 e. The highest BCUT2D eigenvalue weighted by molar-refractivity contribution is 7.21. The summed E-state index contributed by atoms with van der Waals surface area (Å²) in [5.41, 5.74) is 0. The van der Waals surface area contributed by atoms with Crippen molar-refractivity contribution in [1.82, 2.24) is 10.2 Å². The lowest BCUT2D eigenvalue weighted by molar-refractivity contribution is 0.0576. The molecule has 3 nitrogen and oxygen atoms in total. The number of carbonyl (C=O) groups is 1. The van der Waals surface area contributed by atoms with Gasteiger partial charge in [0.15, 0.2) is 0 Å². The van der Waals surface area contributed by atoms with Gasteiger partial charge in [0, 0.05) is 12.6 Å². The van der Waals surface area contributed by atoms with E-state index in [0.717, 1.165) is 26.5 Å². The van der Waals surface area contributed by atoms with E-state index in [4.69, 9.17) is 11.6 Å². The number of fused-ring (bicyclic) bond motifs is 2. The molecule has 0 aliphatic carbocycles. The van der Waals surface area contributed by atoms with Gasteiger partial charge in [0.25, 0.3) is 5.91 Å². The van der Waals surface area contributed by atoms with E-state index in [-0.39, 0.29) is 5.91 Å². The first-order chi connectivity index (χ1) is 11.7. The van der Waals surface area contributed by atoms with Gasteiger partial charge in [-0.05, 0) is 62.2 Å². The van der Waals surface area contributed by atoms with Crippen molar-refractivity contribution in [2.45, 2.75) is 38.1 Å². The smallest absolute Gasteiger partial charge is 0.261 e. The van der Waals surface area contributed by atoms with E-state index in [0.29, 0.717) is 12.0 Å². The van der Waals surface area contributed by atoms with Crippen molar-refractivity contribution < 1.29 is 4.79 Å². The Labute approximate surface area is 152 Å². The van der Waals surface area contributed by atoms with Gasteiger partial charge in [-0.15, -0.1) is 11.3 Å². The number of amides is 1. The molecule has 0 spiro atoms. The quantitative estimate of drug-likeness (QED) is 0.868. The molecule has 1 N–H and O–H groups in total. The van der Waals surface area contributed by atoms with Crippen molar-refractivity contribution in [1.29, 1.82) is 0 Å². The molecule has 1 amide bonds. The molecule has 24 heavy (non-hydrogen) atoms. The van der Waals surface area contributed by atoms with E-state index < -0.39 is 0 Å². The van der Waals surface area contributed by atoms with Gasteiger partial charge in [-0.2, -0.15) is 0 Å². The Morgan fingerprint density at radius 1 is 1.25 bits per heavy atom. The summed E-state index contributed by atoms with van der Waals surface area (Å²) in [5.74, 6) is 0.640. The Balaban J connectivity index is 1.42. The molecule has 2 saturated heterocycles. The minimum absolute atomic E-state index is 0.0419. The Bertz CT molecular complexity index is 742. The third-order valence-corrected chi connectivity index (χ3v) is 7.08. The average Bonchev–Trinajstić information content (AvgIpc) is 3.05. The zero-order valence-corrected chi connectivity index (χ0v) is 15.3. The van der Waals surface area contributed by atoms with Gasteiger partial charge in [0.1, 0.15) is 0 Å². The molecule has 2 fully saturated rings. The van der Waals surface area contributed by atoms with Gasteiger partial charge >= 0.3 is 0 Å². The van der Waals surface area contributed by atoms with Gasteiger partial charge < -0.3 is 10.2 Å². The lowest BCUT2D eigenvalue weighted by atomic mass is 9.83. The molecule has 0 saturated carbocycles. The molecular formula is C19H23ClN2OS. The van der Waals surface area contributed by atoms with Crippen LogP contribution >= 0.6 is 22.9 Å². The summed E-state index contributed by atoms with van der Waals surface area (Å²) >= 11 is 7.71. The molecule has 128 valence electrons. The number of benzene rings is 1. The molecule has 3 heterocycles. The Morgan fingerprint density at radius 3 is 3.00 bits per heavy atom. The Morgan fingerprint density at radius 2 is 2.12 bits per heavy atom. The number of halogens is 1. The molecule has 0 radical (unpaired) electrons. The lowest BCUT2D eigenvalue weighted by Gasteiger charge is -2.44. The highest BCUT2D eigenvalue weighted by Crippen LogP contribution is 2.32. The molecule has 0 unspecified atom stereocenters. The maximum Gasteiger partial charge on any atom is 0.261 e. The SMILES string of the molecule is O=C(NC[C@@H]1CCCN2CCCC[C@@H]12)c1cc2cccc(Cl)c2s1. The highest BCUT2D eigenvalue weighted by Gasteiger charge is 2.33. The number of nitrogens with one attached hydrogen (secondary N) is 1. The second-order valence-electron chi connectivity index (χ2n) is 6.98. The number of piperidine rings is 2. The second-order valence-corrected chi connectivity index (χ2v) is 8.44. The van der Waals surface area contributed by atoms with Crippen LogP contribution in [0.4, 0.5) is 0 Å². The largest absolute Gasteiger partial charge is 0.351 e. The summed E-state index contributed by atoms with van der Waals surface area (Å²) in [5, 5.41) is 4.96. The predicted octanol–water partition coefficient (Wildman–Crippen LogP) is 4.55. The molecule has 5 heteroatoms. The predicted molar refractivity (Wildman–Crippen MR) is 101 cm³/mol. The van der Waals surface area contributed by atoms with Crippen LogP contribution in [0.25, 0.3) is 10.1 Å². The normalized spacial score (nSPS) is 24.7. The highest BCUT2D eigenvalue weighted by atomic mass is 35.5. The number of nitrogens with zero attached hydrogens (tertiary/aromatic N) is 1. The zero-order chi connectivity index (χ0) is 16.5. The molecular weight excluding hydrogens is 340 g/mol. The molecule has 2 aliphatic rings. The Hall–Kier alpha value is -1.10. The van der Waals surface area contributed by atoms with Crippen molar-refractivity contribution in [2.24, 2.45) is 5.92 Å². The van der Waals surface area contributed by atoms with Crippen molar-refractivity contribution in [3.63, 3.8) is 0 Å². The average molecular weight is 363 g/mol. The fourth-order valence-electron chi connectivity index (χ4n) is 4.27. The summed E-state index contributed by atoms with van der Waals surface area (Å²) in [7, 11) is 0. The topological polar surface area (TPSA) is 32.3 Å². The van der Waals surface area contributed by atoms with E-state index in [1.165, 1.54) is 56.5 Å². The van der Waals surface area contributed by atoms with Crippen molar-refractivity contribution in [3.8, 4) is 0 Å². The van der Waals surface area contributed by atoms with E-state index in [1.54, 1.807) is 0 Å². The van der Waals surface area contributed by atoms with Crippen molar-refractivity contribution in [3.05, 3.63) is 34.2 Å². The number of hydrogen-bond donors (Lipinski definition) is 1. The lowest BCUT2D eigenvalue weighted by Crippen LogP contribution is -2.50. The van der Waals surface area contributed by atoms with Gasteiger partial charge in [-0.3, -0.25) is 4.79 Å². The first kappa shape index (κ1) is 16.4. The fraction of sp³-hybridized carbons (Fsp3) is 0.526. The van der Waals surface area contributed by atoms with E-state index in [9.17, 15) is 4.79 Å². The van der Waals surface area contributed by atoms with Crippen LogP contribution in [-0.2, 0) is 0 Å². The molecule has 1 aromatic heterocycles. The van der Waals surface area contributed by atoms with E-state index >= 15 is 0 Å². The summed E-state index contributed by atoms with van der Waals surface area (Å²) in [6.07, 6.45) is 6.45. The summed E-state index contributed by atoms with van der Waals surface area (Å²) in [6, 6.07) is 8.44. The Kier molecular flexibility index (Phi) is 4.79. The summed E-state index contributed by atoms with van der Waals surface area (Å²) in [6.45, 7) is 3.27. The standard InChI is InChI=1S/C19H23ClN2OS/c20-15-7-3-5-13-11-17(24-18(13)15)19(23)21-12-14-6-4-10-22-9-2-1-8-16(14)22/h3,5,7,11,14,16H,1-2,4,6,8-10,12H2,(H,21,23)/t14-,16-/m0/s1. The van der Waals surface area contributed by atoms with E-state index in [1.807, 2.05) is 24.3 Å². The summed E-state index contributed by atoms with van der Waals surface area (Å²) < 4.78 is 1.00.